The third kappa shape index (κ3) is 4.41. The lowest BCUT2D eigenvalue weighted by Gasteiger charge is -2.22. The molecule has 0 N–H and O–H groups in total. The van der Waals surface area contributed by atoms with E-state index in [1.165, 1.54) is 12.1 Å². The molecule has 0 heterocycles. The number of hydrogen-bond acceptors (Lipinski definition) is 1. The van der Waals surface area contributed by atoms with Gasteiger partial charge in [-0.05, 0) is 24.3 Å². The monoisotopic (exact) mass is 304 g/mol. The first-order valence-electron chi connectivity index (χ1n) is 4.94. The van der Waals surface area contributed by atoms with Crippen LogP contribution in [-0.4, -0.2) is 18.1 Å². The second kappa shape index (κ2) is 5.40. The average Bonchev–Trinajstić information content (AvgIpc) is 2.23. The molecule has 0 aliphatic rings. The minimum absolute atomic E-state index is 0.222. The largest absolute Gasteiger partial charge is 0.400 e. The number of alkyl halides is 6. The molecule has 0 unspecified atom stereocenters. The summed E-state index contributed by atoms with van der Waals surface area (Å²) in [5, 5.41) is 0.222. The lowest BCUT2D eigenvalue weighted by atomic mass is 9.97. The van der Waals surface area contributed by atoms with Gasteiger partial charge in [-0.2, -0.15) is 26.3 Å². The number of rotatable bonds is 3. The predicted octanol–water partition coefficient (Wildman–Crippen LogP) is 4.65. The molecule has 0 saturated heterocycles. The Hall–Kier alpha value is -1.24. The summed E-state index contributed by atoms with van der Waals surface area (Å²) in [4.78, 5) is 11.4. The summed E-state index contributed by atoms with van der Waals surface area (Å²) in [6.45, 7) is 0. The summed E-state index contributed by atoms with van der Waals surface area (Å²) in [6.07, 6.45) is -12.7. The van der Waals surface area contributed by atoms with Crippen molar-refractivity contribution in [2.24, 2.45) is 5.92 Å². The Morgan fingerprint density at radius 2 is 1.42 bits per heavy atom. The van der Waals surface area contributed by atoms with Crippen LogP contribution in [0.4, 0.5) is 26.3 Å². The highest BCUT2D eigenvalue weighted by molar-refractivity contribution is 6.30. The molecule has 1 nitrogen and oxygen atoms in total. The van der Waals surface area contributed by atoms with Crippen molar-refractivity contribution in [3.63, 3.8) is 0 Å². The van der Waals surface area contributed by atoms with Gasteiger partial charge < -0.3 is 0 Å². The number of carbonyl (C=O) groups excluding carboxylic acids is 1. The van der Waals surface area contributed by atoms with Gasteiger partial charge in [-0.1, -0.05) is 11.6 Å². The molecule has 0 amide bonds. The van der Waals surface area contributed by atoms with E-state index in [-0.39, 0.29) is 10.6 Å². The fraction of sp³-hybridized carbons (Fsp3) is 0.364. The SMILES string of the molecule is O=C(CC(C(F)(F)F)C(F)(F)F)c1ccc(Cl)cc1. The van der Waals surface area contributed by atoms with E-state index in [4.69, 9.17) is 11.6 Å². The molecule has 106 valence electrons. The lowest BCUT2D eigenvalue weighted by Crippen LogP contribution is -2.38. The first kappa shape index (κ1) is 15.8. The Morgan fingerprint density at radius 1 is 1.00 bits per heavy atom. The zero-order chi connectivity index (χ0) is 14.8. The van der Waals surface area contributed by atoms with E-state index < -0.39 is 30.5 Å². The average molecular weight is 305 g/mol. The molecule has 0 aromatic heterocycles. The standard InChI is InChI=1S/C11H7ClF6O/c12-7-3-1-6(2-4-7)8(19)5-9(10(13,14)15)11(16,17)18/h1-4,9H,5H2. The van der Waals surface area contributed by atoms with Crippen molar-refractivity contribution in [2.75, 3.05) is 0 Å². The number of ketones is 1. The Labute approximate surface area is 109 Å². The molecule has 0 saturated carbocycles. The van der Waals surface area contributed by atoms with Gasteiger partial charge in [0, 0.05) is 17.0 Å². The summed E-state index contributed by atoms with van der Waals surface area (Å²) in [5.74, 6) is -4.90. The van der Waals surface area contributed by atoms with Crippen molar-refractivity contribution >= 4 is 17.4 Å². The summed E-state index contributed by atoms with van der Waals surface area (Å²) in [7, 11) is 0. The molecule has 8 heteroatoms. The van der Waals surface area contributed by atoms with Crippen LogP contribution in [0.5, 0.6) is 0 Å². The van der Waals surface area contributed by atoms with Gasteiger partial charge in [-0.15, -0.1) is 0 Å². The van der Waals surface area contributed by atoms with E-state index in [2.05, 4.69) is 0 Å². The number of halogens is 7. The molecule has 19 heavy (non-hydrogen) atoms. The van der Waals surface area contributed by atoms with E-state index >= 15 is 0 Å². The Morgan fingerprint density at radius 3 is 1.79 bits per heavy atom. The first-order valence-corrected chi connectivity index (χ1v) is 5.32. The molecule has 0 aliphatic heterocycles. The third-order valence-electron chi connectivity index (χ3n) is 2.35. The molecule has 1 aromatic carbocycles. The van der Waals surface area contributed by atoms with E-state index in [1.54, 1.807) is 0 Å². The number of benzene rings is 1. The van der Waals surface area contributed by atoms with Crippen LogP contribution in [0, 0.1) is 5.92 Å². The van der Waals surface area contributed by atoms with Crippen LogP contribution in [0.25, 0.3) is 0 Å². The van der Waals surface area contributed by atoms with Crippen molar-refractivity contribution in [2.45, 2.75) is 18.8 Å². The zero-order valence-electron chi connectivity index (χ0n) is 9.15. The van der Waals surface area contributed by atoms with Gasteiger partial charge in [0.05, 0.1) is 0 Å². The lowest BCUT2D eigenvalue weighted by molar-refractivity contribution is -0.282. The maximum Gasteiger partial charge on any atom is 0.400 e. The molecule has 0 fully saturated rings. The molecule has 0 atom stereocenters. The highest BCUT2D eigenvalue weighted by atomic mass is 35.5. The highest BCUT2D eigenvalue weighted by Crippen LogP contribution is 2.41. The van der Waals surface area contributed by atoms with Gasteiger partial charge in [-0.25, -0.2) is 0 Å². The van der Waals surface area contributed by atoms with Crippen molar-refractivity contribution in [3.8, 4) is 0 Å². The van der Waals surface area contributed by atoms with Gasteiger partial charge in [0.25, 0.3) is 0 Å². The summed E-state index contributed by atoms with van der Waals surface area (Å²) in [6, 6.07) is 4.58. The fourth-order valence-electron chi connectivity index (χ4n) is 1.36. The molecule has 1 rings (SSSR count). The smallest absolute Gasteiger partial charge is 0.294 e. The molecular formula is C11H7ClF6O. The maximum absolute atomic E-state index is 12.3. The summed E-state index contributed by atoms with van der Waals surface area (Å²) in [5.41, 5.74) is -0.247. The van der Waals surface area contributed by atoms with Crippen LogP contribution in [0.2, 0.25) is 5.02 Å². The Balaban J connectivity index is 2.92. The van der Waals surface area contributed by atoms with Crippen molar-refractivity contribution in [1.29, 1.82) is 0 Å². The second-order valence-corrected chi connectivity index (χ2v) is 4.21. The predicted molar refractivity (Wildman–Crippen MR) is 56.0 cm³/mol. The first-order chi connectivity index (χ1) is 8.51. The van der Waals surface area contributed by atoms with Gasteiger partial charge in [0.2, 0.25) is 0 Å². The summed E-state index contributed by atoms with van der Waals surface area (Å²) >= 11 is 5.50. The number of hydrogen-bond donors (Lipinski definition) is 0. The molecular weight excluding hydrogens is 298 g/mol. The van der Waals surface area contributed by atoms with Crippen LogP contribution in [0.15, 0.2) is 24.3 Å². The van der Waals surface area contributed by atoms with Crippen molar-refractivity contribution in [3.05, 3.63) is 34.9 Å². The molecule has 0 radical (unpaired) electrons. The van der Waals surface area contributed by atoms with Crippen LogP contribution in [-0.2, 0) is 0 Å². The summed E-state index contributed by atoms with van der Waals surface area (Å²) < 4.78 is 73.6. The van der Waals surface area contributed by atoms with Crippen LogP contribution in [0.3, 0.4) is 0 Å². The maximum atomic E-state index is 12.3. The molecule has 0 spiro atoms. The van der Waals surface area contributed by atoms with Crippen molar-refractivity contribution in [1.82, 2.24) is 0 Å². The van der Waals surface area contributed by atoms with Crippen LogP contribution >= 0.6 is 11.6 Å². The Kier molecular flexibility index (Phi) is 4.50. The Bertz CT molecular complexity index is 434. The normalized spacial score (nSPS) is 12.8. The molecule has 0 aliphatic carbocycles. The van der Waals surface area contributed by atoms with E-state index in [1.807, 2.05) is 0 Å². The van der Waals surface area contributed by atoms with E-state index in [0.717, 1.165) is 12.1 Å². The van der Waals surface area contributed by atoms with Crippen molar-refractivity contribution < 1.29 is 31.1 Å². The highest BCUT2D eigenvalue weighted by Gasteiger charge is 2.57. The minimum atomic E-state index is -5.51. The van der Waals surface area contributed by atoms with E-state index in [9.17, 15) is 31.1 Å². The van der Waals surface area contributed by atoms with Crippen LogP contribution < -0.4 is 0 Å². The van der Waals surface area contributed by atoms with E-state index in [0.29, 0.717) is 0 Å². The molecule has 0 bridgehead atoms. The minimum Gasteiger partial charge on any atom is -0.294 e. The van der Waals surface area contributed by atoms with Gasteiger partial charge >= 0.3 is 12.4 Å². The quantitative estimate of drug-likeness (QED) is 0.586. The second-order valence-electron chi connectivity index (χ2n) is 3.77. The topological polar surface area (TPSA) is 17.1 Å². The van der Waals surface area contributed by atoms with Gasteiger partial charge in [-0.3, -0.25) is 4.79 Å². The van der Waals surface area contributed by atoms with Crippen LogP contribution in [0.1, 0.15) is 16.8 Å². The fourth-order valence-corrected chi connectivity index (χ4v) is 1.48. The van der Waals surface area contributed by atoms with Gasteiger partial charge in [0.15, 0.2) is 11.7 Å². The molecule has 1 aromatic rings. The number of carbonyl (C=O) groups is 1. The zero-order valence-corrected chi connectivity index (χ0v) is 9.90. The number of Topliss-reactive ketones (excluding diaryl/α,β-unsaturated/α-hetero) is 1. The van der Waals surface area contributed by atoms with Gasteiger partial charge in [0.1, 0.15) is 0 Å². The third-order valence-corrected chi connectivity index (χ3v) is 2.60.